The Hall–Kier alpha value is -0.370. The van der Waals surface area contributed by atoms with Crippen molar-refractivity contribution in [3.05, 3.63) is 0 Å². The molecule has 2 unspecified atom stereocenters. The Morgan fingerprint density at radius 2 is 2.15 bits per heavy atom. The molecule has 1 fully saturated rings. The van der Waals surface area contributed by atoms with E-state index < -0.39 is 0 Å². The Morgan fingerprint density at radius 3 is 2.62 bits per heavy atom. The van der Waals surface area contributed by atoms with Crippen LogP contribution in [0.15, 0.2) is 0 Å². The van der Waals surface area contributed by atoms with Crippen LogP contribution < -0.4 is 0 Å². The molecule has 0 bridgehead atoms. The van der Waals surface area contributed by atoms with Crippen LogP contribution in [0.1, 0.15) is 40.5 Å². The van der Waals surface area contributed by atoms with E-state index in [0.29, 0.717) is 11.8 Å². The topological polar surface area (TPSA) is 26.3 Å². The van der Waals surface area contributed by atoms with E-state index in [2.05, 4.69) is 27.7 Å². The second-order valence-corrected chi connectivity index (χ2v) is 5.07. The van der Waals surface area contributed by atoms with Crippen molar-refractivity contribution >= 4 is 6.29 Å². The monoisotopic (exact) mass is 184 g/mol. The van der Waals surface area contributed by atoms with E-state index >= 15 is 0 Å². The average Bonchev–Trinajstić information content (AvgIpc) is 2.24. The fraction of sp³-hybridized carbons (Fsp3) is 0.909. The Kier molecular flexibility index (Phi) is 3.12. The van der Waals surface area contributed by atoms with Crippen molar-refractivity contribution in [1.29, 1.82) is 0 Å². The molecule has 2 heteroatoms. The summed E-state index contributed by atoms with van der Waals surface area (Å²) in [4.78, 5) is 10.8. The van der Waals surface area contributed by atoms with Gasteiger partial charge in [-0.05, 0) is 38.5 Å². The Balaban J connectivity index is 2.58. The van der Waals surface area contributed by atoms with Gasteiger partial charge in [0.15, 0.2) is 0 Å². The van der Waals surface area contributed by atoms with Crippen LogP contribution >= 0.6 is 0 Å². The number of hydrogen-bond donors (Lipinski definition) is 0. The van der Waals surface area contributed by atoms with Crippen molar-refractivity contribution in [2.45, 2.75) is 52.2 Å². The first-order valence-electron chi connectivity index (χ1n) is 5.08. The number of carbonyl (C=O) groups excluding carboxylic acids is 1. The number of rotatable bonds is 3. The van der Waals surface area contributed by atoms with E-state index in [1.807, 2.05) is 0 Å². The molecular formula is C11H20O2. The fourth-order valence-corrected chi connectivity index (χ4v) is 2.22. The molecule has 0 aromatic rings. The quantitative estimate of drug-likeness (QED) is 0.630. The highest BCUT2D eigenvalue weighted by Gasteiger charge is 2.39. The van der Waals surface area contributed by atoms with Gasteiger partial charge in [-0.2, -0.15) is 0 Å². The van der Waals surface area contributed by atoms with Crippen LogP contribution in [0.25, 0.3) is 0 Å². The van der Waals surface area contributed by atoms with E-state index in [0.717, 1.165) is 19.1 Å². The zero-order valence-corrected chi connectivity index (χ0v) is 9.04. The maximum atomic E-state index is 10.8. The van der Waals surface area contributed by atoms with Gasteiger partial charge in [-0.15, -0.1) is 0 Å². The van der Waals surface area contributed by atoms with Crippen LogP contribution in [0.2, 0.25) is 0 Å². The first-order chi connectivity index (χ1) is 5.94. The lowest BCUT2D eigenvalue weighted by Crippen LogP contribution is -2.21. The van der Waals surface area contributed by atoms with E-state index in [4.69, 9.17) is 4.74 Å². The van der Waals surface area contributed by atoms with Crippen molar-refractivity contribution in [1.82, 2.24) is 0 Å². The molecule has 1 saturated heterocycles. The second kappa shape index (κ2) is 3.79. The maximum Gasteiger partial charge on any atom is 0.149 e. The molecule has 1 rings (SSSR count). The number of carbonyl (C=O) groups is 1. The minimum atomic E-state index is -0.169. The van der Waals surface area contributed by atoms with Gasteiger partial charge in [0.05, 0.1) is 5.60 Å². The van der Waals surface area contributed by atoms with Crippen molar-refractivity contribution in [2.75, 3.05) is 0 Å². The summed E-state index contributed by atoms with van der Waals surface area (Å²) < 4.78 is 5.64. The minimum Gasteiger partial charge on any atom is -0.365 e. The highest BCUT2D eigenvalue weighted by Crippen LogP contribution is 2.37. The molecule has 0 N–H and O–H groups in total. The average molecular weight is 184 g/mol. The Morgan fingerprint density at radius 1 is 1.54 bits per heavy atom. The molecular weight excluding hydrogens is 164 g/mol. The zero-order valence-electron chi connectivity index (χ0n) is 9.04. The molecule has 0 spiro atoms. The summed E-state index contributed by atoms with van der Waals surface area (Å²) in [5.74, 6) is 1.07. The molecule has 76 valence electrons. The van der Waals surface area contributed by atoms with E-state index in [-0.39, 0.29) is 11.7 Å². The SMILES string of the molecule is CC(C)CC1CC(C)(C)OC1C=O. The predicted octanol–water partition coefficient (Wildman–Crippen LogP) is 2.42. The summed E-state index contributed by atoms with van der Waals surface area (Å²) in [6.07, 6.45) is 2.89. The molecule has 0 radical (unpaired) electrons. The van der Waals surface area contributed by atoms with Gasteiger partial charge in [0.2, 0.25) is 0 Å². The molecule has 0 aliphatic carbocycles. The molecule has 0 amide bonds. The summed E-state index contributed by atoms with van der Waals surface area (Å²) in [7, 11) is 0. The highest BCUT2D eigenvalue weighted by atomic mass is 16.5. The Bertz CT molecular complexity index is 185. The van der Waals surface area contributed by atoms with Crippen LogP contribution in [0.3, 0.4) is 0 Å². The molecule has 13 heavy (non-hydrogen) atoms. The second-order valence-electron chi connectivity index (χ2n) is 5.07. The van der Waals surface area contributed by atoms with Crippen molar-refractivity contribution < 1.29 is 9.53 Å². The van der Waals surface area contributed by atoms with Gasteiger partial charge in [-0.3, -0.25) is 0 Å². The highest BCUT2D eigenvalue weighted by molar-refractivity contribution is 5.57. The first-order valence-corrected chi connectivity index (χ1v) is 5.08. The van der Waals surface area contributed by atoms with Crippen LogP contribution in [0.4, 0.5) is 0 Å². The number of aldehydes is 1. The summed E-state index contributed by atoms with van der Waals surface area (Å²) >= 11 is 0. The lowest BCUT2D eigenvalue weighted by Gasteiger charge is -2.16. The van der Waals surface area contributed by atoms with Crippen molar-refractivity contribution in [2.24, 2.45) is 11.8 Å². The van der Waals surface area contributed by atoms with Crippen LogP contribution in [0.5, 0.6) is 0 Å². The van der Waals surface area contributed by atoms with E-state index in [1.54, 1.807) is 0 Å². The van der Waals surface area contributed by atoms with Crippen LogP contribution in [-0.2, 0) is 9.53 Å². The third-order valence-electron chi connectivity index (χ3n) is 2.58. The molecule has 1 aliphatic heterocycles. The lowest BCUT2D eigenvalue weighted by molar-refractivity contribution is -0.122. The summed E-state index contributed by atoms with van der Waals surface area (Å²) in [6, 6.07) is 0. The normalized spacial score (nSPS) is 32.4. The van der Waals surface area contributed by atoms with Crippen LogP contribution in [0, 0.1) is 11.8 Å². The maximum absolute atomic E-state index is 10.8. The molecule has 0 aromatic heterocycles. The van der Waals surface area contributed by atoms with Gasteiger partial charge in [0.1, 0.15) is 12.4 Å². The molecule has 2 atom stereocenters. The van der Waals surface area contributed by atoms with Gasteiger partial charge in [-0.1, -0.05) is 13.8 Å². The van der Waals surface area contributed by atoms with Gasteiger partial charge >= 0.3 is 0 Å². The zero-order chi connectivity index (χ0) is 10.1. The lowest BCUT2D eigenvalue weighted by atomic mass is 9.87. The smallest absolute Gasteiger partial charge is 0.149 e. The molecule has 0 aromatic carbocycles. The molecule has 1 aliphatic rings. The Labute approximate surface area is 80.7 Å². The fourth-order valence-electron chi connectivity index (χ4n) is 2.22. The predicted molar refractivity (Wildman–Crippen MR) is 52.6 cm³/mol. The molecule has 2 nitrogen and oxygen atoms in total. The summed E-state index contributed by atoms with van der Waals surface area (Å²) in [6.45, 7) is 8.49. The number of ether oxygens (including phenoxy) is 1. The van der Waals surface area contributed by atoms with Crippen LogP contribution in [-0.4, -0.2) is 18.0 Å². The van der Waals surface area contributed by atoms with E-state index in [1.165, 1.54) is 0 Å². The first kappa shape index (κ1) is 10.7. The number of hydrogen-bond acceptors (Lipinski definition) is 2. The van der Waals surface area contributed by atoms with Crippen molar-refractivity contribution in [3.8, 4) is 0 Å². The van der Waals surface area contributed by atoms with Gasteiger partial charge in [-0.25, -0.2) is 0 Å². The van der Waals surface area contributed by atoms with Gasteiger partial charge in [0.25, 0.3) is 0 Å². The minimum absolute atomic E-state index is 0.106. The van der Waals surface area contributed by atoms with E-state index in [9.17, 15) is 4.79 Å². The van der Waals surface area contributed by atoms with Gasteiger partial charge in [0, 0.05) is 0 Å². The summed E-state index contributed by atoms with van der Waals surface area (Å²) in [5.41, 5.74) is -0.106. The third-order valence-corrected chi connectivity index (χ3v) is 2.58. The standard InChI is InChI=1S/C11H20O2/c1-8(2)5-9-6-11(3,4)13-10(9)7-12/h7-10H,5-6H2,1-4H3. The molecule has 1 heterocycles. The largest absolute Gasteiger partial charge is 0.365 e. The van der Waals surface area contributed by atoms with Gasteiger partial charge < -0.3 is 9.53 Å². The summed E-state index contributed by atoms with van der Waals surface area (Å²) in [5, 5.41) is 0. The molecule has 0 saturated carbocycles. The third kappa shape index (κ3) is 2.80. The van der Waals surface area contributed by atoms with Crippen molar-refractivity contribution in [3.63, 3.8) is 0 Å².